The van der Waals surface area contributed by atoms with Gasteiger partial charge in [0.05, 0.1) is 33.0 Å². The van der Waals surface area contributed by atoms with Crippen LogP contribution in [0.15, 0.2) is 30.3 Å². The normalized spacial score (nSPS) is 17.6. The highest BCUT2D eigenvalue weighted by molar-refractivity contribution is 5.54. The van der Waals surface area contributed by atoms with E-state index in [1.165, 1.54) is 4.90 Å². The van der Waals surface area contributed by atoms with Gasteiger partial charge in [0.2, 0.25) is 6.79 Å². The maximum absolute atomic E-state index is 10.7. The second-order valence-electron chi connectivity index (χ2n) is 6.58. The van der Waals surface area contributed by atoms with Crippen LogP contribution in [-0.4, -0.2) is 52.4 Å². The highest BCUT2D eigenvalue weighted by Gasteiger charge is 2.33. The number of methoxy groups -OCH3 is 2. The van der Waals surface area contributed by atoms with Crippen molar-refractivity contribution in [3.8, 4) is 28.7 Å². The van der Waals surface area contributed by atoms with Gasteiger partial charge in [-0.15, -0.1) is 0 Å². The minimum Gasteiger partial charge on any atom is -0.507 e. The van der Waals surface area contributed by atoms with Gasteiger partial charge < -0.3 is 33.7 Å². The fourth-order valence-corrected chi connectivity index (χ4v) is 3.77. The first kappa shape index (κ1) is 17.8. The van der Waals surface area contributed by atoms with Crippen molar-refractivity contribution in [1.29, 1.82) is 0 Å². The lowest BCUT2D eigenvalue weighted by Gasteiger charge is -2.32. The molecular formula is C20H24NO6+. The van der Waals surface area contributed by atoms with Crippen LogP contribution in [0.4, 0.5) is 0 Å². The standard InChI is InChI=1S/C20H23NO6/c1-23-16-4-3-13(9-17(16)24-2)20(21-5-7-25-8-6-21)14-10-18-19(11-15(14)22)27-12-26-18/h3-4,9-11,20,22H,5-8,12H2,1-2H3/p+1/t20-/m0/s1. The molecule has 7 heteroatoms. The molecule has 0 unspecified atom stereocenters. The predicted octanol–water partition coefficient (Wildman–Crippen LogP) is 1.14. The fourth-order valence-electron chi connectivity index (χ4n) is 3.77. The van der Waals surface area contributed by atoms with E-state index >= 15 is 0 Å². The minimum absolute atomic E-state index is 0.0943. The number of quaternary nitrogens is 1. The van der Waals surface area contributed by atoms with Crippen molar-refractivity contribution in [2.24, 2.45) is 0 Å². The van der Waals surface area contributed by atoms with Crippen LogP contribution < -0.4 is 23.8 Å². The zero-order valence-electron chi connectivity index (χ0n) is 15.5. The number of hydrogen-bond acceptors (Lipinski definition) is 6. The second kappa shape index (κ2) is 7.54. The molecule has 0 bridgehead atoms. The molecule has 0 amide bonds. The van der Waals surface area contributed by atoms with Crippen LogP contribution in [0.1, 0.15) is 17.2 Å². The van der Waals surface area contributed by atoms with E-state index in [9.17, 15) is 5.11 Å². The van der Waals surface area contributed by atoms with Gasteiger partial charge in [-0.25, -0.2) is 0 Å². The smallest absolute Gasteiger partial charge is 0.231 e. The SMILES string of the molecule is COc1ccc([C@@H](c2cc3c(cc2O)OCO3)[NH+]2CCOCC2)cc1OC. The van der Waals surface area contributed by atoms with Crippen LogP contribution in [-0.2, 0) is 4.74 Å². The number of benzene rings is 2. The summed E-state index contributed by atoms with van der Waals surface area (Å²) in [6, 6.07) is 9.29. The summed E-state index contributed by atoms with van der Waals surface area (Å²) in [4.78, 5) is 1.31. The average molecular weight is 374 g/mol. The molecular weight excluding hydrogens is 350 g/mol. The molecule has 2 aliphatic heterocycles. The Labute approximate surface area is 158 Å². The monoisotopic (exact) mass is 374 g/mol. The molecule has 2 aromatic carbocycles. The molecule has 2 aromatic rings. The van der Waals surface area contributed by atoms with Crippen molar-refractivity contribution in [2.45, 2.75) is 6.04 Å². The Kier molecular flexibility index (Phi) is 4.96. The zero-order valence-corrected chi connectivity index (χ0v) is 15.5. The predicted molar refractivity (Wildman–Crippen MR) is 97.1 cm³/mol. The van der Waals surface area contributed by atoms with Crippen molar-refractivity contribution in [1.82, 2.24) is 0 Å². The van der Waals surface area contributed by atoms with E-state index < -0.39 is 0 Å². The Morgan fingerprint density at radius 2 is 1.67 bits per heavy atom. The molecule has 144 valence electrons. The molecule has 0 aromatic heterocycles. The van der Waals surface area contributed by atoms with Gasteiger partial charge in [-0.3, -0.25) is 0 Å². The Hall–Kier alpha value is -2.64. The number of nitrogens with one attached hydrogen (secondary N) is 1. The maximum atomic E-state index is 10.7. The van der Waals surface area contributed by atoms with Crippen molar-refractivity contribution in [3.63, 3.8) is 0 Å². The van der Waals surface area contributed by atoms with Crippen LogP contribution >= 0.6 is 0 Å². The summed E-state index contributed by atoms with van der Waals surface area (Å²) in [5, 5.41) is 10.7. The second-order valence-corrected chi connectivity index (χ2v) is 6.58. The van der Waals surface area contributed by atoms with Gasteiger partial charge in [0.15, 0.2) is 23.0 Å². The van der Waals surface area contributed by atoms with Crippen molar-refractivity contribution >= 4 is 0 Å². The van der Waals surface area contributed by atoms with Crippen molar-refractivity contribution in [3.05, 3.63) is 41.5 Å². The van der Waals surface area contributed by atoms with E-state index in [0.717, 1.165) is 24.2 Å². The summed E-state index contributed by atoms with van der Waals surface area (Å²) >= 11 is 0. The van der Waals surface area contributed by atoms with Crippen LogP contribution in [0.2, 0.25) is 0 Å². The number of morpholine rings is 1. The molecule has 0 spiro atoms. The van der Waals surface area contributed by atoms with Gasteiger partial charge in [0, 0.05) is 11.6 Å². The third kappa shape index (κ3) is 3.36. The summed E-state index contributed by atoms with van der Waals surface area (Å²) in [7, 11) is 3.24. The molecule has 7 nitrogen and oxygen atoms in total. The Balaban J connectivity index is 1.81. The van der Waals surface area contributed by atoms with E-state index in [2.05, 4.69) is 0 Å². The molecule has 2 heterocycles. The Morgan fingerprint density at radius 1 is 0.963 bits per heavy atom. The van der Waals surface area contributed by atoms with Gasteiger partial charge in [-0.05, 0) is 24.3 Å². The highest BCUT2D eigenvalue weighted by Crippen LogP contribution is 2.41. The largest absolute Gasteiger partial charge is 0.507 e. The molecule has 1 atom stereocenters. The lowest BCUT2D eigenvalue weighted by molar-refractivity contribution is -0.933. The first-order chi connectivity index (χ1) is 13.2. The van der Waals surface area contributed by atoms with E-state index in [4.69, 9.17) is 23.7 Å². The maximum Gasteiger partial charge on any atom is 0.231 e. The van der Waals surface area contributed by atoms with E-state index in [1.807, 2.05) is 24.3 Å². The molecule has 2 aliphatic rings. The topological polar surface area (TPSA) is 70.8 Å². The summed E-state index contributed by atoms with van der Waals surface area (Å²) in [6.07, 6.45) is 0. The molecule has 1 fully saturated rings. The van der Waals surface area contributed by atoms with E-state index in [0.29, 0.717) is 36.2 Å². The molecule has 1 saturated heterocycles. The quantitative estimate of drug-likeness (QED) is 0.818. The third-order valence-electron chi connectivity index (χ3n) is 5.12. The number of hydrogen-bond donors (Lipinski definition) is 2. The number of rotatable bonds is 5. The van der Waals surface area contributed by atoms with Crippen LogP contribution in [0.25, 0.3) is 0 Å². The molecule has 0 radical (unpaired) electrons. The van der Waals surface area contributed by atoms with Crippen LogP contribution in [0.3, 0.4) is 0 Å². The number of fused-ring (bicyclic) bond motifs is 1. The van der Waals surface area contributed by atoms with Crippen LogP contribution in [0, 0.1) is 0 Å². The van der Waals surface area contributed by atoms with Gasteiger partial charge in [0.1, 0.15) is 24.9 Å². The van der Waals surface area contributed by atoms with Gasteiger partial charge in [-0.2, -0.15) is 0 Å². The van der Waals surface area contributed by atoms with Gasteiger partial charge >= 0.3 is 0 Å². The minimum atomic E-state index is -0.0943. The lowest BCUT2D eigenvalue weighted by Crippen LogP contribution is -3.14. The first-order valence-electron chi connectivity index (χ1n) is 8.98. The van der Waals surface area contributed by atoms with E-state index in [-0.39, 0.29) is 18.6 Å². The Bertz CT molecular complexity index is 818. The highest BCUT2D eigenvalue weighted by atomic mass is 16.7. The number of phenols is 1. The third-order valence-corrected chi connectivity index (χ3v) is 5.12. The van der Waals surface area contributed by atoms with Crippen LogP contribution in [0.5, 0.6) is 28.7 Å². The molecule has 2 N–H and O–H groups in total. The number of ether oxygens (including phenoxy) is 5. The average Bonchev–Trinajstić information content (AvgIpc) is 3.16. The Morgan fingerprint density at radius 3 is 2.37 bits per heavy atom. The molecule has 4 rings (SSSR count). The van der Waals surface area contributed by atoms with Gasteiger partial charge in [-0.1, -0.05) is 0 Å². The summed E-state index contributed by atoms with van der Waals surface area (Å²) in [5.41, 5.74) is 1.82. The summed E-state index contributed by atoms with van der Waals surface area (Å²) in [6.45, 7) is 3.22. The van der Waals surface area contributed by atoms with E-state index in [1.54, 1.807) is 20.3 Å². The van der Waals surface area contributed by atoms with Crippen molar-refractivity contribution < 1.29 is 33.7 Å². The molecule has 0 saturated carbocycles. The molecule has 0 aliphatic carbocycles. The number of aromatic hydroxyl groups is 1. The zero-order chi connectivity index (χ0) is 18.8. The fraction of sp³-hybridized carbons (Fsp3) is 0.400. The lowest BCUT2D eigenvalue weighted by atomic mass is 9.95. The number of phenolic OH excluding ortho intramolecular Hbond substituents is 1. The summed E-state index contributed by atoms with van der Waals surface area (Å²) < 4.78 is 27.3. The first-order valence-corrected chi connectivity index (χ1v) is 8.98. The van der Waals surface area contributed by atoms with Crippen molar-refractivity contribution in [2.75, 3.05) is 47.3 Å². The summed E-state index contributed by atoms with van der Waals surface area (Å²) in [5.74, 6) is 2.75. The van der Waals surface area contributed by atoms with Gasteiger partial charge in [0.25, 0.3) is 0 Å². The molecule has 27 heavy (non-hydrogen) atoms.